The normalized spacial score (nSPS) is 12.0. The first kappa shape index (κ1) is 30.1. The van der Waals surface area contributed by atoms with Gasteiger partial charge in [0.1, 0.15) is 0 Å². The van der Waals surface area contributed by atoms with Gasteiger partial charge >= 0.3 is 0 Å². The fraction of sp³-hybridized carbons (Fsp3) is 0. The van der Waals surface area contributed by atoms with Gasteiger partial charge in [-0.1, -0.05) is 127 Å². The van der Waals surface area contributed by atoms with Crippen LogP contribution < -0.4 is 0 Å². The third-order valence-electron chi connectivity index (χ3n) is 11.6. The first-order valence-electron chi connectivity index (χ1n) is 18.9. The summed E-state index contributed by atoms with van der Waals surface area (Å²) in [6.45, 7) is 0. The van der Waals surface area contributed by atoms with Crippen LogP contribution in [0, 0.1) is 0 Å². The maximum Gasteiger partial charge on any atom is 0.0619 e. The Bertz CT molecular complexity index is 3450. The molecule has 0 saturated heterocycles. The van der Waals surface area contributed by atoms with Crippen molar-refractivity contribution in [1.82, 2.24) is 13.7 Å². The van der Waals surface area contributed by atoms with Gasteiger partial charge in [0.05, 0.1) is 33.1 Å². The largest absolute Gasteiger partial charge is 0.309 e. The van der Waals surface area contributed by atoms with Gasteiger partial charge in [-0.05, 0) is 89.3 Å². The van der Waals surface area contributed by atoms with E-state index in [9.17, 15) is 0 Å². The lowest BCUT2D eigenvalue weighted by Crippen LogP contribution is -1.95. The lowest BCUT2D eigenvalue weighted by Gasteiger charge is -2.12. The number of hydrogen-bond acceptors (Lipinski definition) is 0. The second-order valence-electron chi connectivity index (χ2n) is 14.5. The summed E-state index contributed by atoms with van der Waals surface area (Å²) in [6.07, 6.45) is 0. The van der Waals surface area contributed by atoms with E-state index in [1.54, 1.807) is 0 Å². The summed E-state index contributed by atoms with van der Waals surface area (Å²) in [6, 6.07) is 73.1. The first-order chi connectivity index (χ1) is 27.3. The van der Waals surface area contributed by atoms with Crippen molar-refractivity contribution >= 4 is 76.2 Å². The van der Waals surface area contributed by atoms with Crippen LogP contribution in [0.5, 0.6) is 0 Å². The molecule has 12 rings (SSSR count). The summed E-state index contributed by atoms with van der Waals surface area (Å²) < 4.78 is 7.24. The lowest BCUT2D eigenvalue weighted by molar-refractivity contribution is 1.18. The molecule has 9 aromatic carbocycles. The van der Waals surface area contributed by atoms with Gasteiger partial charge < -0.3 is 13.7 Å². The van der Waals surface area contributed by atoms with Crippen molar-refractivity contribution in [3.63, 3.8) is 0 Å². The van der Waals surface area contributed by atoms with Crippen LogP contribution in [-0.2, 0) is 0 Å². The Kier molecular flexibility index (Phi) is 6.34. The Balaban J connectivity index is 1.05. The Hall–Kier alpha value is -7.36. The second-order valence-corrected chi connectivity index (χ2v) is 14.5. The van der Waals surface area contributed by atoms with E-state index in [0.29, 0.717) is 0 Å². The highest BCUT2D eigenvalue weighted by Crippen LogP contribution is 2.43. The van der Waals surface area contributed by atoms with Crippen molar-refractivity contribution < 1.29 is 0 Å². The zero-order valence-electron chi connectivity index (χ0n) is 29.9. The Labute approximate surface area is 317 Å². The van der Waals surface area contributed by atoms with Crippen LogP contribution >= 0.6 is 0 Å². The van der Waals surface area contributed by atoms with Gasteiger partial charge in [0.2, 0.25) is 0 Å². The molecule has 0 unspecified atom stereocenters. The summed E-state index contributed by atoms with van der Waals surface area (Å²) in [5, 5.41) is 10.1. The third-order valence-corrected chi connectivity index (χ3v) is 11.6. The van der Waals surface area contributed by atoms with E-state index in [4.69, 9.17) is 0 Å². The molecule has 0 bridgehead atoms. The van der Waals surface area contributed by atoms with Gasteiger partial charge in [-0.3, -0.25) is 0 Å². The zero-order valence-corrected chi connectivity index (χ0v) is 29.9. The Morgan fingerprint density at radius 2 is 0.673 bits per heavy atom. The molecule has 0 aliphatic rings. The number of aromatic nitrogens is 3. The van der Waals surface area contributed by atoms with E-state index in [1.165, 1.54) is 98.7 Å². The van der Waals surface area contributed by atoms with Crippen LogP contribution in [0.1, 0.15) is 0 Å². The van der Waals surface area contributed by atoms with Crippen LogP contribution in [0.15, 0.2) is 200 Å². The molecule has 0 fully saturated rings. The number of rotatable bonds is 4. The molecule has 256 valence electrons. The molecule has 12 aromatic rings. The van der Waals surface area contributed by atoms with Crippen molar-refractivity contribution in [3.05, 3.63) is 200 Å². The van der Waals surface area contributed by atoms with Crippen molar-refractivity contribution in [2.75, 3.05) is 0 Å². The lowest BCUT2D eigenvalue weighted by atomic mass is 10.0. The molecular formula is C52H33N3. The maximum absolute atomic E-state index is 2.47. The fourth-order valence-electron chi connectivity index (χ4n) is 9.27. The number of benzene rings is 9. The molecule has 0 aliphatic heterocycles. The molecule has 0 saturated carbocycles. The summed E-state index contributed by atoms with van der Waals surface area (Å²) in [5.74, 6) is 0. The van der Waals surface area contributed by atoms with E-state index in [2.05, 4.69) is 214 Å². The van der Waals surface area contributed by atoms with E-state index in [-0.39, 0.29) is 0 Å². The summed E-state index contributed by atoms with van der Waals surface area (Å²) in [5.41, 5.74) is 13.2. The minimum absolute atomic E-state index is 1.15. The molecule has 0 atom stereocenters. The standard InChI is InChI=1S/C52H33N3/c1-3-13-36(14-4-1)53-46-20-10-8-18-40(46)45-33-35(25-31-49(45)53)34-23-26-38(27-24-34)55-47-21-11-7-17-39(47)42-29-28-41-43(52(42)55)30-32-50-51(41)44-19-9-12-22-48(44)54(50)37-15-5-2-6-16-37/h1-33H. The number of fused-ring (bicyclic) bond motifs is 12. The molecule has 55 heavy (non-hydrogen) atoms. The van der Waals surface area contributed by atoms with Crippen LogP contribution in [0.3, 0.4) is 0 Å². The van der Waals surface area contributed by atoms with Gasteiger partial charge in [0, 0.05) is 54.8 Å². The van der Waals surface area contributed by atoms with Gasteiger partial charge in [0.15, 0.2) is 0 Å². The highest BCUT2D eigenvalue weighted by atomic mass is 15.0. The third kappa shape index (κ3) is 4.32. The summed E-state index contributed by atoms with van der Waals surface area (Å²) >= 11 is 0. The molecule has 0 amide bonds. The first-order valence-corrected chi connectivity index (χ1v) is 18.9. The highest BCUT2D eigenvalue weighted by molar-refractivity contribution is 6.28. The van der Waals surface area contributed by atoms with Gasteiger partial charge in [0.25, 0.3) is 0 Å². The van der Waals surface area contributed by atoms with Gasteiger partial charge in [-0.2, -0.15) is 0 Å². The second kappa shape index (κ2) is 11.6. The molecule has 3 heterocycles. The van der Waals surface area contributed by atoms with Gasteiger partial charge in [-0.15, -0.1) is 0 Å². The zero-order chi connectivity index (χ0) is 36.0. The van der Waals surface area contributed by atoms with E-state index < -0.39 is 0 Å². The number of para-hydroxylation sites is 5. The van der Waals surface area contributed by atoms with Crippen LogP contribution in [0.2, 0.25) is 0 Å². The van der Waals surface area contributed by atoms with E-state index in [1.807, 2.05) is 0 Å². The van der Waals surface area contributed by atoms with Crippen LogP contribution in [-0.4, -0.2) is 13.7 Å². The quantitative estimate of drug-likeness (QED) is 0.174. The SMILES string of the molecule is c1ccc(-n2c3ccccc3c3cc(-c4ccc(-n5c6ccccc6c6ccc7c(ccc8c7c7ccccc7n8-c7ccccc7)c65)cc4)ccc32)cc1. The highest BCUT2D eigenvalue weighted by Gasteiger charge is 2.20. The molecule has 3 heteroatoms. The molecule has 3 aromatic heterocycles. The molecule has 0 N–H and O–H groups in total. The average Bonchev–Trinajstić information content (AvgIpc) is 3.90. The molecule has 0 aliphatic carbocycles. The minimum atomic E-state index is 1.15. The van der Waals surface area contributed by atoms with E-state index >= 15 is 0 Å². The maximum atomic E-state index is 2.47. The topological polar surface area (TPSA) is 14.8 Å². The van der Waals surface area contributed by atoms with Crippen LogP contribution in [0.25, 0.3) is 104 Å². The fourth-order valence-corrected chi connectivity index (χ4v) is 9.27. The summed E-state index contributed by atoms with van der Waals surface area (Å²) in [7, 11) is 0. The Morgan fingerprint density at radius 3 is 1.36 bits per heavy atom. The molecule has 3 nitrogen and oxygen atoms in total. The van der Waals surface area contributed by atoms with Crippen molar-refractivity contribution in [3.8, 4) is 28.2 Å². The molecular weight excluding hydrogens is 667 g/mol. The predicted octanol–water partition coefficient (Wildman–Crippen LogP) is 13.8. The smallest absolute Gasteiger partial charge is 0.0619 e. The molecule has 0 spiro atoms. The van der Waals surface area contributed by atoms with Crippen molar-refractivity contribution in [2.45, 2.75) is 0 Å². The van der Waals surface area contributed by atoms with Gasteiger partial charge in [-0.25, -0.2) is 0 Å². The number of hydrogen-bond donors (Lipinski definition) is 0. The minimum Gasteiger partial charge on any atom is -0.309 e. The number of nitrogens with zero attached hydrogens (tertiary/aromatic N) is 3. The summed E-state index contributed by atoms with van der Waals surface area (Å²) in [4.78, 5) is 0. The van der Waals surface area contributed by atoms with Crippen molar-refractivity contribution in [1.29, 1.82) is 0 Å². The van der Waals surface area contributed by atoms with Crippen LogP contribution in [0.4, 0.5) is 0 Å². The molecule has 0 radical (unpaired) electrons. The van der Waals surface area contributed by atoms with E-state index in [0.717, 1.165) is 5.69 Å². The average molecular weight is 700 g/mol. The Morgan fingerprint density at radius 1 is 0.236 bits per heavy atom. The predicted molar refractivity (Wildman–Crippen MR) is 232 cm³/mol. The van der Waals surface area contributed by atoms with Crippen molar-refractivity contribution in [2.24, 2.45) is 0 Å². The monoisotopic (exact) mass is 699 g/mol.